The van der Waals surface area contributed by atoms with Crippen LogP contribution in [-0.2, 0) is 15.6 Å². The Hall–Kier alpha value is -1.40. The smallest absolute Gasteiger partial charge is 0.260 e. The zero-order chi connectivity index (χ0) is 13.6. The largest absolute Gasteiger partial charge is 0.378 e. The molecule has 1 aromatic carbocycles. The van der Waals surface area contributed by atoms with E-state index in [4.69, 9.17) is 0 Å². The van der Waals surface area contributed by atoms with E-state index in [9.17, 15) is 14.1 Å². The summed E-state index contributed by atoms with van der Waals surface area (Å²) in [5.74, 6) is 1.09. The fourth-order valence-corrected chi connectivity index (χ4v) is 3.63. The van der Waals surface area contributed by atoms with E-state index in [2.05, 4.69) is 4.90 Å². The van der Waals surface area contributed by atoms with Crippen LogP contribution in [0.1, 0.15) is 11.7 Å². The Labute approximate surface area is 114 Å². The van der Waals surface area contributed by atoms with Crippen LogP contribution in [0.5, 0.6) is 0 Å². The van der Waals surface area contributed by atoms with E-state index < -0.39 is 16.9 Å². The van der Waals surface area contributed by atoms with Crippen molar-refractivity contribution in [2.45, 2.75) is 6.10 Å². The monoisotopic (exact) mass is 280 g/mol. The van der Waals surface area contributed by atoms with E-state index in [1.165, 1.54) is 4.90 Å². The lowest BCUT2D eigenvalue weighted by Gasteiger charge is -2.29. The van der Waals surface area contributed by atoms with E-state index >= 15 is 0 Å². The van der Waals surface area contributed by atoms with E-state index in [0.29, 0.717) is 17.1 Å². The molecule has 0 saturated carbocycles. The lowest BCUT2D eigenvalue weighted by Crippen LogP contribution is -2.37. The third-order valence-electron chi connectivity index (χ3n) is 3.78. The number of carbonyl (C=O) groups is 1. The quantitative estimate of drug-likeness (QED) is 0.802. The highest BCUT2D eigenvalue weighted by atomic mass is 32.2. The number of hydrogen-bond donors (Lipinski definition) is 1. The Balaban J connectivity index is 1.90. The van der Waals surface area contributed by atoms with Crippen molar-refractivity contribution >= 4 is 28.1 Å². The summed E-state index contributed by atoms with van der Waals surface area (Å²) in [6, 6.07) is 5.66. The number of fused-ring (bicyclic) bond motifs is 1. The molecule has 1 atom stereocenters. The molecule has 2 aliphatic rings. The van der Waals surface area contributed by atoms with Crippen LogP contribution in [0, 0.1) is 0 Å². The van der Waals surface area contributed by atoms with E-state index in [1.54, 1.807) is 7.05 Å². The van der Waals surface area contributed by atoms with Gasteiger partial charge in [0.15, 0.2) is 6.10 Å². The summed E-state index contributed by atoms with van der Waals surface area (Å²) in [5, 5.41) is 9.81. The third kappa shape index (κ3) is 2.04. The maximum absolute atomic E-state index is 11.7. The van der Waals surface area contributed by atoms with Crippen molar-refractivity contribution in [1.82, 2.24) is 0 Å². The fraction of sp³-hybridized carbons (Fsp3) is 0.462. The summed E-state index contributed by atoms with van der Waals surface area (Å²) in [4.78, 5) is 15.4. The van der Waals surface area contributed by atoms with Crippen LogP contribution in [0.2, 0.25) is 0 Å². The molecule has 0 spiro atoms. The second kappa shape index (κ2) is 4.61. The highest BCUT2D eigenvalue weighted by molar-refractivity contribution is 7.85. The number of hydrogen-bond acceptors (Lipinski definition) is 4. The zero-order valence-corrected chi connectivity index (χ0v) is 11.5. The Morgan fingerprint density at radius 3 is 2.68 bits per heavy atom. The molecule has 19 heavy (non-hydrogen) atoms. The van der Waals surface area contributed by atoms with Crippen molar-refractivity contribution in [1.29, 1.82) is 0 Å². The van der Waals surface area contributed by atoms with Gasteiger partial charge in [0.05, 0.1) is 5.69 Å². The van der Waals surface area contributed by atoms with Crippen LogP contribution < -0.4 is 9.80 Å². The molecule has 2 aliphatic heterocycles. The Bertz CT molecular complexity index is 551. The molecule has 1 fully saturated rings. The molecule has 0 radical (unpaired) electrons. The number of rotatable bonds is 1. The molecule has 102 valence electrons. The Morgan fingerprint density at radius 1 is 1.32 bits per heavy atom. The van der Waals surface area contributed by atoms with Gasteiger partial charge < -0.3 is 14.9 Å². The van der Waals surface area contributed by atoms with Gasteiger partial charge in [-0.15, -0.1) is 0 Å². The molecule has 6 heteroatoms. The Morgan fingerprint density at radius 2 is 2.00 bits per heavy atom. The number of amides is 1. The van der Waals surface area contributed by atoms with Crippen LogP contribution >= 0.6 is 0 Å². The van der Waals surface area contributed by atoms with E-state index in [1.807, 2.05) is 18.2 Å². The molecule has 1 saturated heterocycles. The summed E-state index contributed by atoms with van der Waals surface area (Å²) < 4.78 is 11.4. The molecule has 3 rings (SSSR count). The molecule has 1 unspecified atom stereocenters. The predicted molar refractivity (Wildman–Crippen MR) is 74.9 cm³/mol. The van der Waals surface area contributed by atoms with Crippen molar-refractivity contribution in [3.05, 3.63) is 23.8 Å². The first-order valence-corrected chi connectivity index (χ1v) is 7.76. The minimum atomic E-state index is -1.04. The van der Waals surface area contributed by atoms with Gasteiger partial charge in [-0.2, -0.15) is 0 Å². The minimum Gasteiger partial charge on any atom is -0.378 e. The zero-order valence-electron chi connectivity index (χ0n) is 10.7. The molecule has 0 aromatic heterocycles. The second-order valence-corrected chi connectivity index (χ2v) is 6.57. The maximum atomic E-state index is 11.7. The lowest BCUT2D eigenvalue weighted by molar-refractivity contribution is -0.125. The normalized spacial score (nSPS) is 23.9. The van der Waals surface area contributed by atoms with Gasteiger partial charge in [-0.05, 0) is 12.1 Å². The number of aliphatic hydroxyl groups is 1. The van der Waals surface area contributed by atoms with Crippen LogP contribution in [0.4, 0.5) is 11.4 Å². The molecule has 2 heterocycles. The van der Waals surface area contributed by atoms with Crippen LogP contribution in [0.25, 0.3) is 0 Å². The van der Waals surface area contributed by atoms with Gasteiger partial charge in [0.2, 0.25) is 0 Å². The molecule has 1 aromatic rings. The average Bonchev–Trinajstić information content (AvgIpc) is 2.64. The predicted octanol–water partition coefficient (Wildman–Crippen LogP) is 0.265. The summed E-state index contributed by atoms with van der Waals surface area (Å²) in [6.45, 7) is 1.54. The minimum absolute atomic E-state index is 0.285. The molecule has 1 N–H and O–H groups in total. The fourth-order valence-electron chi connectivity index (χ4n) is 2.58. The second-order valence-electron chi connectivity index (χ2n) is 4.88. The average molecular weight is 280 g/mol. The molecular formula is C13H16N2O3S. The van der Waals surface area contributed by atoms with Crippen molar-refractivity contribution in [2.24, 2.45) is 0 Å². The number of carbonyl (C=O) groups excluding carboxylic acids is 1. The number of nitrogens with zero attached hydrogens (tertiary/aromatic N) is 2. The molecule has 0 bridgehead atoms. The van der Waals surface area contributed by atoms with Gasteiger partial charge >= 0.3 is 0 Å². The number of benzene rings is 1. The number of likely N-dealkylation sites (N-methyl/N-ethyl adjacent to an activating group) is 1. The standard InChI is InChI=1S/C13H16N2O3S/c1-14-11-8-9(15-4-6-19(18)7-5-15)2-3-10(11)12(16)13(14)17/h2-3,8,12,16H,4-7H2,1H3. The van der Waals surface area contributed by atoms with Gasteiger partial charge in [0.25, 0.3) is 5.91 Å². The van der Waals surface area contributed by atoms with Crippen molar-refractivity contribution in [3.63, 3.8) is 0 Å². The first kappa shape index (κ1) is 12.6. The lowest BCUT2D eigenvalue weighted by atomic mass is 10.1. The van der Waals surface area contributed by atoms with Gasteiger partial charge in [-0.1, -0.05) is 6.07 Å². The third-order valence-corrected chi connectivity index (χ3v) is 5.05. The summed E-state index contributed by atoms with van der Waals surface area (Å²) >= 11 is 0. The SMILES string of the molecule is CN1C(=O)C(O)c2ccc(N3CCS(=O)CC3)cc21. The number of anilines is 2. The van der Waals surface area contributed by atoms with Crippen LogP contribution in [0.3, 0.4) is 0 Å². The highest BCUT2D eigenvalue weighted by Gasteiger charge is 2.34. The first-order valence-electron chi connectivity index (χ1n) is 6.27. The van der Waals surface area contributed by atoms with Gasteiger partial charge in [-0.3, -0.25) is 9.00 Å². The van der Waals surface area contributed by atoms with Crippen molar-refractivity contribution in [2.75, 3.05) is 41.4 Å². The van der Waals surface area contributed by atoms with E-state index in [-0.39, 0.29) is 5.91 Å². The maximum Gasteiger partial charge on any atom is 0.260 e. The van der Waals surface area contributed by atoms with Gasteiger partial charge in [0.1, 0.15) is 0 Å². The summed E-state index contributed by atoms with van der Waals surface area (Å²) in [6.07, 6.45) is -1.04. The van der Waals surface area contributed by atoms with Gasteiger partial charge in [-0.25, -0.2) is 0 Å². The van der Waals surface area contributed by atoms with Crippen molar-refractivity contribution in [3.8, 4) is 0 Å². The summed E-state index contributed by atoms with van der Waals surface area (Å²) in [7, 11) is 0.975. The Kier molecular flexibility index (Phi) is 3.06. The van der Waals surface area contributed by atoms with Crippen molar-refractivity contribution < 1.29 is 14.1 Å². The molecular weight excluding hydrogens is 264 g/mol. The molecule has 5 nitrogen and oxygen atoms in total. The van der Waals surface area contributed by atoms with Crippen LogP contribution in [-0.4, -0.2) is 46.9 Å². The highest BCUT2D eigenvalue weighted by Crippen LogP contribution is 2.37. The van der Waals surface area contributed by atoms with Gasteiger partial charge in [0, 0.05) is 53.7 Å². The topological polar surface area (TPSA) is 60.9 Å². The first-order chi connectivity index (χ1) is 9.08. The molecule has 0 aliphatic carbocycles. The summed E-state index contributed by atoms with van der Waals surface area (Å²) in [5.41, 5.74) is 2.45. The van der Waals surface area contributed by atoms with Crippen LogP contribution in [0.15, 0.2) is 18.2 Å². The van der Waals surface area contributed by atoms with E-state index in [0.717, 1.165) is 24.5 Å². The number of aliphatic hydroxyl groups excluding tert-OH is 1. The molecule has 1 amide bonds.